The van der Waals surface area contributed by atoms with E-state index in [2.05, 4.69) is 6.07 Å². The largest absolute Gasteiger partial charge is 0.312 e. The first kappa shape index (κ1) is 10.5. The molecule has 0 atom stereocenters. The van der Waals surface area contributed by atoms with Crippen molar-refractivity contribution in [2.45, 2.75) is 32.6 Å². The van der Waals surface area contributed by atoms with Crippen LogP contribution in [-0.4, -0.2) is 18.2 Å². The maximum Gasteiger partial charge on any atom is 0.231 e. The van der Waals surface area contributed by atoms with E-state index in [-0.39, 0.29) is 11.7 Å². The molecule has 88 valence electrons. The van der Waals surface area contributed by atoms with Crippen LogP contribution in [0.3, 0.4) is 0 Å². The fourth-order valence-electron chi connectivity index (χ4n) is 2.94. The second-order valence-electron chi connectivity index (χ2n) is 4.97. The van der Waals surface area contributed by atoms with Gasteiger partial charge in [-0.2, -0.15) is 0 Å². The van der Waals surface area contributed by atoms with Gasteiger partial charge in [0.25, 0.3) is 0 Å². The molecule has 0 fully saturated rings. The fourth-order valence-corrected chi connectivity index (χ4v) is 2.94. The quantitative estimate of drug-likeness (QED) is 0.773. The molecule has 0 radical (unpaired) electrons. The summed E-state index contributed by atoms with van der Waals surface area (Å²) in [6.07, 6.45) is 3.04. The SMILES string of the molecule is CC(=O)Cc1cc2c3c(c1)CC(=O)N3CCC2. The van der Waals surface area contributed by atoms with Crippen LogP contribution in [0.1, 0.15) is 30.0 Å². The highest BCUT2D eigenvalue weighted by atomic mass is 16.2. The van der Waals surface area contributed by atoms with Gasteiger partial charge in [-0.1, -0.05) is 12.1 Å². The Morgan fingerprint density at radius 3 is 2.88 bits per heavy atom. The van der Waals surface area contributed by atoms with E-state index in [1.807, 2.05) is 11.0 Å². The number of aryl methyl sites for hydroxylation is 1. The van der Waals surface area contributed by atoms with Crippen molar-refractivity contribution in [3.63, 3.8) is 0 Å². The molecule has 0 N–H and O–H groups in total. The van der Waals surface area contributed by atoms with Crippen LogP contribution >= 0.6 is 0 Å². The van der Waals surface area contributed by atoms with Gasteiger partial charge in [-0.3, -0.25) is 9.59 Å². The van der Waals surface area contributed by atoms with Gasteiger partial charge < -0.3 is 4.90 Å². The molecule has 0 spiro atoms. The molecule has 3 rings (SSSR count). The van der Waals surface area contributed by atoms with E-state index < -0.39 is 0 Å². The average molecular weight is 229 g/mol. The number of carbonyl (C=O) groups excluding carboxylic acids is 2. The van der Waals surface area contributed by atoms with Crippen LogP contribution in [0.2, 0.25) is 0 Å². The highest BCUT2D eigenvalue weighted by molar-refractivity contribution is 6.03. The molecule has 3 nitrogen and oxygen atoms in total. The molecule has 2 heterocycles. The Morgan fingerprint density at radius 1 is 1.35 bits per heavy atom. The lowest BCUT2D eigenvalue weighted by molar-refractivity contribution is -0.117. The molecule has 17 heavy (non-hydrogen) atoms. The predicted molar refractivity (Wildman–Crippen MR) is 65.2 cm³/mol. The lowest BCUT2D eigenvalue weighted by atomic mass is 9.95. The Bertz CT molecular complexity index is 519. The minimum Gasteiger partial charge on any atom is -0.312 e. The molecule has 2 aliphatic rings. The predicted octanol–water partition coefficient (Wildman–Crippen LogP) is 1.65. The summed E-state index contributed by atoms with van der Waals surface area (Å²) in [6, 6.07) is 4.13. The Morgan fingerprint density at radius 2 is 2.12 bits per heavy atom. The summed E-state index contributed by atoms with van der Waals surface area (Å²) in [5, 5.41) is 0. The third-order valence-corrected chi connectivity index (χ3v) is 3.52. The van der Waals surface area contributed by atoms with Crippen molar-refractivity contribution in [3.8, 4) is 0 Å². The maximum absolute atomic E-state index is 11.8. The van der Waals surface area contributed by atoms with Gasteiger partial charge >= 0.3 is 0 Å². The number of ketones is 1. The molecule has 0 unspecified atom stereocenters. The summed E-state index contributed by atoms with van der Waals surface area (Å²) < 4.78 is 0. The summed E-state index contributed by atoms with van der Waals surface area (Å²) in [7, 11) is 0. The summed E-state index contributed by atoms with van der Waals surface area (Å²) in [6.45, 7) is 2.46. The van der Waals surface area contributed by atoms with Gasteiger partial charge in [0.15, 0.2) is 0 Å². The minimum atomic E-state index is 0.175. The van der Waals surface area contributed by atoms with Crippen molar-refractivity contribution in [3.05, 3.63) is 28.8 Å². The molecule has 2 aliphatic heterocycles. The second-order valence-corrected chi connectivity index (χ2v) is 4.97. The fraction of sp³-hybridized carbons (Fsp3) is 0.429. The van der Waals surface area contributed by atoms with E-state index >= 15 is 0 Å². The Kier molecular flexibility index (Phi) is 2.28. The summed E-state index contributed by atoms with van der Waals surface area (Å²) in [4.78, 5) is 24.9. The number of rotatable bonds is 2. The summed E-state index contributed by atoms with van der Waals surface area (Å²) in [5.74, 6) is 0.384. The summed E-state index contributed by atoms with van der Waals surface area (Å²) in [5.41, 5.74) is 4.55. The summed E-state index contributed by atoms with van der Waals surface area (Å²) >= 11 is 0. The van der Waals surface area contributed by atoms with Gasteiger partial charge in [-0.15, -0.1) is 0 Å². The van der Waals surface area contributed by atoms with Crippen LogP contribution in [-0.2, 0) is 28.9 Å². The molecule has 0 bridgehead atoms. The zero-order valence-corrected chi connectivity index (χ0v) is 9.95. The van der Waals surface area contributed by atoms with E-state index in [0.29, 0.717) is 12.8 Å². The van der Waals surface area contributed by atoms with Crippen LogP contribution in [0.5, 0.6) is 0 Å². The van der Waals surface area contributed by atoms with Crippen molar-refractivity contribution in [2.24, 2.45) is 0 Å². The second kappa shape index (κ2) is 3.69. The van der Waals surface area contributed by atoms with Crippen molar-refractivity contribution in [1.82, 2.24) is 0 Å². The van der Waals surface area contributed by atoms with Gasteiger partial charge in [0.2, 0.25) is 5.91 Å². The Balaban J connectivity index is 2.08. The van der Waals surface area contributed by atoms with Gasteiger partial charge in [0, 0.05) is 13.0 Å². The van der Waals surface area contributed by atoms with Gasteiger partial charge in [0.05, 0.1) is 12.1 Å². The number of carbonyl (C=O) groups is 2. The molecule has 0 aliphatic carbocycles. The third-order valence-electron chi connectivity index (χ3n) is 3.52. The smallest absolute Gasteiger partial charge is 0.231 e. The van der Waals surface area contributed by atoms with Crippen molar-refractivity contribution < 1.29 is 9.59 Å². The third kappa shape index (κ3) is 1.66. The molecule has 1 aromatic carbocycles. The molecular formula is C14H15NO2. The highest BCUT2D eigenvalue weighted by Gasteiger charge is 2.32. The van der Waals surface area contributed by atoms with E-state index in [1.54, 1.807) is 6.92 Å². The van der Waals surface area contributed by atoms with E-state index in [4.69, 9.17) is 0 Å². The molecular weight excluding hydrogens is 214 g/mol. The van der Waals surface area contributed by atoms with Crippen LogP contribution in [0, 0.1) is 0 Å². The normalized spacial score (nSPS) is 17.2. The molecule has 0 saturated heterocycles. The number of anilines is 1. The van der Waals surface area contributed by atoms with Crippen LogP contribution in [0.25, 0.3) is 0 Å². The van der Waals surface area contributed by atoms with E-state index in [9.17, 15) is 9.59 Å². The number of hydrogen-bond acceptors (Lipinski definition) is 2. The first-order valence-corrected chi connectivity index (χ1v) is 6.09. The van der Waals surface area contributed by atoms with E-state index in [1.165, 1.54) is 5.56 Å². The number of benzene rings is 1. The van der Waals surface area contributed by atoms with Crippen LogP contribution in [0.15, 0.2) is 12.1 Å². The lowest BCUT2D eigenvalue weighted by Crippen LogP contribution is -2.31. The first-order valence-electron chi connectivity index (χ1n) is 6.09. The highest BCUT2D eigenvalue weighted by Crippen LogP contribution is 2.37. The van der Waals surface area contributed by atoms with Gasteiger partial charge in [-0.25, -0.2) is 0 Å². The Hall–Kier alpha value is -1.64. The lowest BCUT2D eigenvalue weighted by Gasteiger charge is -2.25. The molecule has 0 saturated carbocycles. The van der Waals surface area contributed by atoms with Crippen molar-refractivity contribution in [2.75, 3.05) is 11.4 Å². The van der Waals surface area contributed by atoms with Crippen LogP contribution < -0.4 is 4.90 Å². The number of hydrogen-bond donors (Lipinski definition) is 0. The molecule has 1 amide bonds. The first-order chi connectivity index (χ1) is 8.15. The molecule has 0 aromatic heterocycles. The zero-order valence-electron chi connectivity index (χ0n) is 9.95. The Labute approximate surface area is 100 Å². The number of Topliss-reactive ketones (excluding diaryl/α,β-unsaturated/α-hetero) is 1. The van der Waals surface area contributed by atoms with Crippen molar-refractivity contribution in [1.29, 1.82) is 0 Å². The number of amides is 1. The molecule has 1 aromatic rings. The topological polar surface area (TPSA) is 37.4 Å². The van der Waals surface area contributed by atoms with Crippen molar-refractivity contribution >= 4 is 17.4 Å². The minimum absolute atomic E-state index is 0.175. The molecule has 3 heteroatoms. The van der Waals surface area contributed by atoms with Crippen LogP contribution in [0.4, 0.5) is 5.69 Å². The maximum atomic E-state index is 11.8. The average Bonchev–Trinajstić information content (AvgIpc) is 2.56. The standard InChI is InChI=1S/C14H15NO2/c1-9(16)5-10-6-11-3-2-4-15-13(17)8-12(7-10)14(11)15/h6-7H,2-5,8H2,1H3. The monoisotopic (exact) mass is 229 g/mol. The van der Waals surface area contributed by atoms with E-state index in [0.717, 1.165) is 36.2 Å². The van der Waals surface area contributed by atoms with Gasteiger partial charge in [-0.05, 0) is 36.5 Å². The zero-order chi connectivity index (χ0) is 12.0. The van der Waals surface area contributed by atoms with Gasteiger partial charge in [0.1, 0.15) is 5.78 Å². The number of nitrogens with zero attached hydrogens (tertiary/aromatic N) is 1.